The Labute approximate surface area is 126 Å². The van der Waals surface area contributed by atoms with Gasteiger partial charge < -0.3 is 10.1 Å². The molecule has 1 heterocycles. The van der Waals surface area contributed by atoms with Crippen molar-refractivity contribution in [3.05, 3.63) is 43.8 Å². The molecule has 0 radical (unpaired) electrons. The Hall–Kier alpha value is -2.17. The summed E-state index contributed by atoms with van der Waals surface area (Å²) in [6.07, 6.45) is 1.50. The zero-order chi connectivity index (χ0) is 14.7. The molecular weight excluding hydrogens is 379 g/mol. The summed E-state index contributed by atoms with van der Waals surface area (Å²) >= 11 is 1.96. The van der Waals surface area contributed by atoms with Crippen LogP contribution in [0.15, 0.2) is 24.4 Å². The highest BCUT2D eigenvalue weighted by Gasteiger charge is 2.15. The van der Waals surface area contributed by atoms with Gasteiger partial charge in [0.05, 0.1) is 33.6 Å². The molecule has 0 aliphatic carbocycles. The molecule has 1 aromatic heterocycles. The van der Waals surface area contributed by atoms with Crippen molar-refractivity contribution in [2.24, 2.45) is 0 Å². The van der Waals surface area contributed by atoms with E-state index in [9.17, 15) is 14.9 Å². The highest BCUT2D eigenvalue weighted by molar-refractivity contribution is 14.1. The molecule has 0 unspecified atom stereocenters. The van der Waals surface area contributed by atoms with E-state index >= 15 is 0 Å². The van der Waals surface area contributed by atoms with E-state index in [1.54, 1.807) is 0 Å². The quantitative estimate of drug-likeness (QED) is 0.474. The Morgan fingerprint density at radius 1 is 1.50 bits per heavy atom. The van der Waals surface area contributed by atoms with E-state index in [1.165, 1.54) is 31.5 Å². The molecule has 9 heteroatoms. The van der Waals surface area contributed by atoms with Crippen LogP contribution in [0.25, 0.3) is 0 Å². The zero-order valence-electron chi connectivity index (χ0n) is 10.2. The van der Waals surface area contributed by atoms with Crippen LogP contribution in [0.1, 0.15) is 10.5 Å². The number of nitro benzene ring substituents is 1. The van der Waals surface area contributed by atoms with Gasteiger partial charge >= 0.3 is 0 Å². The van der Waals surface area contributed by atoms with Gasteiger partial charge in [-0.1, -0.05) is 0 Å². The molecule has 0 bridgehead atoms. The maximum Gasteiger partial charge on any atom is 0.275 e. The van der Waals surface area contributed by atoms with Crippen LogP contribution in [-0.4, -0.2) is 28.1 Å². The Balaban J connectivity index is 2.29. The fourth-order valence-electron chi connectivity index (χ4n) is 1.50. The number of nitrogens with zero attached hydrogens (tertiary/aromatic N) is 2. The lowest BCUT2D eigenvalue weighted by atomic mass is 10.2. The number of aromatic nitrogens is 2. The van der Waals surface area contributed by atoms with Gasteiger partial charge in [-0.25, -0.2) is 0 Å². The summed E-state index contributed by atoms with van der Waals surface area (Å²) in [6, 6.07) is 4.02. The number of rotatable bonds is 4. The van der Waals surface area contributed by atoms with E-state index in [0.29, 0.717) is 3.57 Å². The average Bonchev–Trinajstić information content (AvgIpc) is 2.84. The van der Waals surface area contributed by atoms with E-state index in [4.69, 9.17) is 4.74 Å². The summed E-state index contributed by atoms with van der Waals surface area (Å²) < 4.78 is 5.61. The van der Waals surface area contributed by atoms with Crippen molar-refractivity contribution in [1.82, 2.24) is 10.2 Å². The number of anilines is 1. The number of carbonyl (C=O) groups is 1. The van der Waals surface area contributed by atoms with Gasteiger partial charge in [0.25, 0.3) is 11.6 Å². The van der Waals surface area contributed by atoms with E-state index in [0.717, 1.165) is 0 Å². The van der Waals surface area contributed by atoms with Crippen LogP contribution in [-0.2, 0) is 0 Å². The molecule has 2 aromatic rings. The van der Waals surface area contributed by atoms with Crippen molar-refractivity contribution in [2.45, 2.75) is 0 Å². The second kappa shape index (κ2) is 5.86. The number of nitrogens with one attached hydrogen (secondary N) is 2. The predicted molar refractivity (Wildman–Crippen MR) is 78.9 cm³/mol. The minimum absolute atomic E-state index is 0.168. The monoisotopic (exact) mass is 388 g/mol. The Morgan fingerprint density at radius 2 is 2.25 bits per heavy atom. The first kappa shape index (κ1) is 14.2. The largest absolute Gasteiger partial charge is 0.496 e. The first-order valence-electron chi connectivity index (χ1n) is 5.35. The fourth-order valence-corrected chi connectivity index (χ4v) is 2.01. The van der Waals surface area contributed by atoms with Crippen molar-refractivity contribution >= 4 is 39.9 Å². The SMILES string of the molecule is COc1cc(NC(=O)c2[nH]ncc2I)cc([N+](=O)[O-])c1. The minimum Gasteiger partial charge on any atom is -0.496 e. The van der Waals surface area contributed by atoms with Crippen LogP contribution in [0.5, 0.6) is 5.75 Å². The summed E-state index contributed by atoms with van der Waals surface area (Å²) in [7, 11) is 1.39. The van der Waals surface area contributed by atoms with Gasteiger partial charge in [-0.15, -0.1) is 0 Å². The molecule has 0 atom stereocenters. The minimum atomic E-state index is -0.557. The highest BCUT2D eigenvalue weighted by Crippen LogP contribution is 2.26. The van der Waals surface area contributed by atoms with Crippen LogP contribution in [0.2, 0.25) is 0 Å². The first-order valence-corrected chi connectivity index (χ1v) is 6.43. The number of aromatic amines is 1. The van der Waals surface area contributed by atoms with E-state index in [1.807, 2.05) is 22.6 Å². The predicted octanol–water partition coefficient (Wildman–Crippen LogP) is 2.18. The summed E-state index contributed by atoms with van der Waals surface area (Å²) in [5.41, 5.74) is 0.390. The third-order valence-electron chi connectivity index (χ3n) is 2.42. The van der Waals surface area contributed by atoms with Gasteiger partial charge in [0.15, 0.2) is 0 Å². The standard InChI is InChI=1S/C11H9IN4O4/c1-20-8-3-6(2-7(4-8)16(18)19)14-11(17)10-9(12)5-13-15-10/h2-5H,1H3,(H,13,15)(H,14,17). The number of hydrogen-bond acceptors (Lipinski definition) is 5. The Bertz CT molecular complexity index is 670. The molecule has 20 heavy (non-hydrogen) atoms. The van der Waals surface area contributed by atoms with Crippen molar-refractivity contribution in [3.8, 4) is 5.75 Å². The van der Waals surface area contributed by atoms with Gasteiger partial charge in [0.1, 0.15) is 11.4 Å². The number of benzene rings is 1. The molecular formula is C11H9IN4O4. The van der Waals surface area contributed by atoms with Crippen molar-refractivity contribution in [2.75, 3.05) is 12.4 Å². The summed E-state index contributed by atoms with van der Waals surface area (Å²) in [5, 5.41) is 19.7. The lowest BCUT2D eigenvalue weighted by Gasteiger charge is -2.06. The number of nitro groups is 1. The van der Waals surface area contributed by atoms with Crippen molar-refractivity contribution in [3.63, 3.8) is 0 Å². The summed E-state index contributed by atoms with van der Waals surface area (Å²) in [6.45, 7) is 0. The lowest BCUT2D eigenvalue weighted by molar-refractivity contribution is -0.384. The Kier molecular flexibility index (Phi) is 4.17. The molecule has 0 aliphatic rings. The van der Waals surface area contributed by atoms with Gasteiger partial charge in [0, 0.05) is 12.1 Å². The number of non-ortho nitro benzene ring substituents is 1. The third-order valence-corrected chi connectivity index (χ3v) is 3.23. The summed E-state index contributed by atoms with van der Waals surface area (Å²) in [4.78, 5) is 22.2. The number of halogens is 1. The van der Waals surface area contributed by atoms with Gasteiger partial charge in [-0.3, -0.25) is 20.0 Å². The second-order valence-corrected chi connectivity index (χ2v) is 4.89. The third kappa shape index (κ3) is 3.04. The molecule has 0 saturated heterocycles. The molecule has 2 rings (SSSR count). The Morgan fingerprint density at radius 3 is 2.80 bits per heavy atom. The van der Waals surface area contributed by atoms with Gasteiger partial charge in [0.2, 0.25) is 0 Å². The normalized spacial score (nSPS) is 10.1. The number of hydrogen-bond donors (Lipinski definition) is 2. The maximum absolute atomic E-state index is 12.0. The average molecular weight is 388 g/mol. The van der Waals surface area contributed by atoms with Crippen LogP contribution in [0.3, 0.4) is 0 Å². The van der Waals surface area contributed by atoms with E-state index in [2.05, 4.69) is 15.5 Å². The lowest BCUT2D eigenvalue weighted by Crippen LogP contribution is -2.14. The van der Waals surface area contributed by atoms with Crippen LogP contribution in [0.4, 0.5) is 11.4 Å². The highest BCUT2D eigenvalue weighted by atomic mass is 127. The number of ether oxygens (including phenoxy) is 1. The van der Waals surface area contributed by atoms with Crippen LogP contribution >= 0.6 is 22.6 Å². The van der Waals surface area contributed by atoms with Gasteiger partial charge in [-0.05, 0) is 22.6 Å². The van der Waals surface area contributed by atoms with Crippen molar-refractivity contribution in [1.29, 1.82) is 0 Å². The molecule has 0 fully saturated rings. The molecule has 2 N–H and O–H groups in total. The van der Waals surface area contributed by atoms with E-state index < -0.39 is 10.8 Å². The van der Waals surface area contributed by atoms with Crippen molar-refractivity contribution < 1.29 is 14.5 Å². The molecule has 0 spiro atoms. The smallest absolute Gasteiger partial charge is 0.275 e. The van der Waals surface area contributed by atoms with Crippen LogP contribution in [0, 0.1) is 13.7 Å². The number of methoxy groups -OCH3 is 1. The first-order chi connectivity index (χ1) is 9.51. The molecule has 0 aliphatic heterocycles. The molecule has 8 nitrogen and oxygen atoms in total. The van der Waals surface area contributed by atoms with E-state index in [-0.39, 0.29) is 22.8 Å². The molecule has 1 amide bonds. The topological polar surface area (TPSA) is 110 Å². The number of H-pyrrole nitrogens is 1. The number of carbonyl (C=O) groups excluding carboxylic acids is 1. The molecule has 0 saturated carbocycles. The second-order valence-electron chi connectivity index (χ2n) is 3.72. The van der Waals surface area contributed by atoms with Gasteiger partial charge in [-0.2, -0.15) is 5.10 Å². The van der Waals surface area contributed by atoms with Crippen LogP contribution < -0.4 is 10.1 Å². The number of amides is 1. The molecule has 1 aromatic carbocycles. The fraction of sp³-hybridized carbons (Fsp3) is 0.0909. The maximum atomic E-state index is 12.0. The molecule has 104 valence electrons. The zero-order valence-corrected chi connectivity index (χ0v) is 12.4. The summed E-state index contributed by atoms with van der Waals surface area (Å²) in [5.74, 6) is -0.150.